The number of nitrogens with one attached hydrogen (secondary N) is 1. The Labute approximate surface area is 76.7 Å². The zero-order chi connectivity index (χ0) is 9.40. The summed E-state index contributed by atoms with van der Waals surface area (Å²) in [6.45, 7) is 2.39. The summed E-state index contributed by atoms with van der Waals surface area (Å²) in [5.74, 6) is 0.375. The van der Waals surface area contributed by atoms with E-state index in [1.165, 1.54) is 0 Å². The van der Waals surface area contributed by atoms with E-state index in [0.717, 1.165) is 18.8 Å². The van der Waals surface area contributed by atoms with E-state index >= 15 is 0 Å². The van der Waals surface area contributed by atoms with Gasteiger partial charge in [-0.1, -0.05) is 5.16 Å². The van der Waals surface area contributed by atoms with Crippen LogP contribution in [0, 0.1) is 5.92 Å². The largest absolute Gasteiger partial charge is 0.399 e. The number of hydrogen-bond donors (Lipinski definition) is 3. The zero-order valence-electron chi connectivity index (χ0n) is 6.96. The molecule has 1 rings (SSSR count). The second-order valence-corrected chi connectivity index (χ2v) is 2.33. The molecule has 0 aromatic heterocycles. The molecule has 5 nitrogen and oxygen atoms in total. The van der Waals surface area contributed by atoms with Crippen molar-refractivity contribution in [1.29, 1.82) is 0 Å². The van der Waals surface area contributed by atoms with Gasteiger partial charge in [-0.2, -0.15) is 0 Å². The first kappa shape index (κ1) is 11.6. The summed E-state index contributed by atoms with van der Waals surface area (Å²) in [5.41, 5.74) is 6.51. The number of hydrogen-bond acceptors (Lipinski definition) is 5. The molecule has 0 bridgehead atoms. The number of nitrogens with zero attached hydrogens (tertiary/aromatic N) is 1. The minimum absolute atomic E-state index is 0.375. The molecule has 0 aliphatic carbocycles. The van der Waals surface area contributed by atoms with Crippen LogP contribution in [0.2, 0.25) is 0 Å². The van der Waals surface area contributed by atoms with Crippen molar-refractivity contribution in [3.63, 3.8) is 0 Å². The van der Waals surface area contributed by atoms with Crippen LogP contribution in [0.1, 0.15) is 0 Å². The van der Waals surface area contributed by atoms with Crippen LogP contribution in [0.4, 0.5) is 0 Å². The number of oxime groups is 1. The third kappa shape index (κ3) is 3.36. The summed E-state index contributed by atoms with van der Waals surface area (Å²) < 4.78 is 6.47. The van der Waals surface area contributed by atoms with Gasteiger partial charge in [0.15, 0.2) is 0 Å². The van der Waals surface area contributed by atoms with E-state index in [-0.39, 0.29) is 0 Å². The van der Waals surface area contributed by atoms with Crippen molar-refractivity contribution in [3.05, 3.63) is 0 Å². The third-order valence-electron chi connectivity index (χ3n) is 1.66. The van der Waals surface area contributed by atoms with Gasteiger partial charge >= 0.3 is 0 Å². The number of rotatable bonds is 2. The average Bonchev–Trinajstić information content (AvgIpc) is 2.56. The zero-order valence-corrected chi connectivity index (χ0v) is 7.71. The van der Waals surface area contributed by atoms with Crippen molar-refractivity contribution in [3.8, 4) is 0 Å². The molecule has 0 saturated carbocycles. The van der Waals surface area contributed by atoms with Crippen molar-refractivity contribution >= 4 is 17.6 Å². The molecule has 12 heavy (non-hydrogen) atoms. The van der Waals surface area contributed by atoms with Crippen LogP contribution in [0.15, 0.2) is 5.16 Å². The fourth-order valence-electron chi connectivity index (χ4n) is 1.08. The molecule has 4 N–H and O–H groups in total. The average molecular weight is 196 g/mol. The van der Waals surface area contributed by atoms with Crippen LogP contribution in [-0.4, -0.2) is 37.1 Å². The molecule has 0 amide bonds. The summed E-state index contributed by atoms with van der Waals surface area (Å²) in [6, 6.07) is 0. The molecule has 0 spiro atoms. The third-order valence-corrected chi connectivity index (χ3v) is 1.66. The Morgan fingerprint density at radius 1 is 1.83 bits per heavy atom. The van der Waals surface area contributed by atoms with E-state index in [4.69, 9.17) is 10.4 Å². The van der Waals surface area contributed by atoms with Gasteiger partial charge < -0.3 is 15.9 Å². The first-order chi connectivity index (χ1) is 5.88. The lowest BCUT2D eigenvalue weighted by Crippen LogP contribution is -2.22. The Morgan fingerprint density at radius 2 is 2.50 bits per heavy atom. The monoisotopic (exact) mass is 195 g/mol. The molecule has 1 aliphatic heterocycles. The van der Waals surface area contributed by atoms with E-state index in [2.05, 4.69) is 27.2 Å². The molecule has 0 aromatic carbocycles. The molecule has 1 heterocycles. The fraction of sp³-hybridized carbons (Fsp3) is 0.833. The summed E-state index contributed by atoms with van der Waals surface area (Å²) in [6.07, 6.45) is 0. The lowest BCUT2D eigenvalue weighted by atomic mass is 10.1. The molecule has 1 unspecified atom stereocenters. The van der Waals surface area contributed by atoms with Crippen molar-refractivity contribution in [2.45, 2.75) is 0 Å². The maximum atomic E-state index is 6.47. The van der Waals surface area contributed by atoms with Crippen LogP contribution in [-0.2, 0) is 4.84 Å². The van der Waals surface area contributed by atoms with E-state index in [1.54, 1.807) is 7.11 Å². The molecular weight excluding hydrogens is 182 g/mol. The standard InChI is InChI=1S/C6H13N3O.ClHO/c1-10-9-6-4-8-3-5(6)2-7;1-2/h5,8H,2-4,7H2,1H3;2H. The Morgan fingerprint density at radius 3 is 3.00 bits per heavy atom. The van der Waals surface area contributed by atoms with Gasteiger partial charge in [-0.25, -0.2) is 0 Å². The summed E-state index contributed by atoms with van der Waals surface area (Å²) in [7, 11) is 1.55. The maximum Gasteiger partial charge on any atom is 0.106 e. The van der Waals surface area contributed by atoms with Crippen molar-refractivity contribution in [2.75, 3.05) is 26.7 Å². The van der Waals surface area contributed by atoms with Gasteiger partial charge in [0.2, 0.25) is 0 Å². The Bertz CT molecular complexity index is 143. The van der Waals surface area contributed by atoms with Gasteiger partial charge in [-0.15, -0.1) is 0 Å². The summed E-state index contributed by atoms with van der Waals surface area (Å²) in [5, 5.41) is 7.02. The van der Waals surface area contributed by atoms with Gasteiger partial charge in [-0.3, -0.25) is 4.66 Å². The Balaban J connectivity index is 0.000000561. The fourth-order valence-corrected chi connectivity index (χ4v) is 1.08. The number of halogens is 1. The Hall–Kier alpha value is -0.360. The van der Waals surface area contributed by atoms with Crippen LogP contribution in [0.5, 0.6) is 0 Å². The molecule has 6 heteroatoms. The van der Waals surface area contributed by atoms with Gasteiger partial charge in [0, 0.05) is 25.6 Å². The van der Waals surface area contributed by atoms with Crippen LogP contribution >= 0.6 is 11.9 Å². The van der Waals surface area contributed by atoms with E-state index in [9.17, 15) is 0 Å². The van der Waals surface area contributed by atoms with E-state index < -0.39 is 0 Å². The highest BCUT2D eigenvalue weighted by atomic mass is 35.5. The summed E-state index contributed by atoms with van der Waals surface area (Å²) >= 11 is 3.64. The van der Waals surface area contributed by atoms with Gasteiger partial charge in [-0.05, 0) is 0 Å². The molecule has 1 fully saturated rings. The second-order valence-electron chi connectivity index (χ2n) is 2.33. The SMILES string of the molecule is CON=C1CNCC1CN.OCl. The highest BCUT2D eigenvalue weighted by molar-refractivity contribution is 6.04. The number of nitrogens with two attached hydrogens (primary N) is 1. The van der Waals surface area contributed by atoms with Crippen molar-refractivity contribution in [1.82, 2.24) is 5.32 Å². The van der Waals surface area contributed by atoms with Crippen LogP contribution in [0.25, 0.3) is 0 Å². The summed E-state index contributed by atoms with van der Waals surface area (Å²) in [4.78, 5) is 4.65. The lowest BCUT2D eigenvalue weighted by Gasteiger charge is -2.03. The first-order valence-electron chi connectivity index (χ1n) is 3.56. The van der Waals surface area contributed by atoms with Crippen molar-refractivity contribution < 1.29 is 9.50 Å². The molecule has 72 valence electrons. The predicted molar refractivity (Wildman–Crippen MR) is 47.9 cm³/mol. The highest BCUT2D eigenvalue weighted by Crippen LogP contribution is 2.02. The van der Waals surface area contributed by atoms with Gasteiger partial charge in [0.1, 0.15) is 7.11 Å². The van der Waals surface area contributed by atoms with Gasteiger partial charge in [0.25, 0.3) is 0 Å². The lowest BCUT2D eigenvalue weighted by molar-refractivity contribution is 0.211. The molecular formula is C6H14ClN3O2. The second kappa shape index (κ2) is 7.30. The Kier molecular flexibility index (Phi) is 7.08. The molecule has 0 radical (unpaired) electrons. The topological polar surface area (TPSA) is 79.9 Å². The minimum Gasteiger partial charge on any atom is -0.399 e. The molecule has 1 atom stereocenters. The minimum atomic E-state index is 0.375. The highest BCUT2D eigenvalue weighted by Gasteiger charge is 2.20. The van der Waals surface area contributed by atoms with Gasteiger partial charge in [0.05, 0.1) is 17.6 Å². The van der Waals surface area contributed by atoms with Crippen LogP contribution < -0.4 is 11.1 Å². The van der Waals surface area contributed by atoms with Crippen LogP contribution in [0.3, 0.4) is 0 Å². The van der Waals surface area contributed by atoms with E-state index in [0.29, 0.717) is 12.5 Å². The predicted octanol–water partition coefficient (Wildman–Crippen LogP) is -0.701. The maximum absolute atomic E-state index is 6.47. The smallest absolute Gasteiger partial charge is 0.106 e. The molecule has 1 aliphatic rings. The normalized spacial score (nSPS) is 25.0. The van der Waals surface area contributed by atoms with E-state index in [1.807, 2.05) is 0 Å². The molecule has 1 saturated heterocycles. The first-order valence-corrected chi connectivity index (χ1v) is 3.90. The van der Waals surface area contributed by atoms with Crippen molar-refractivity contribution in [2.24, 2.45) is 16.8 Å². The quantitative estimate of drug-likeness (QED) is 0.509. The molecule has 0 aromatic rings.